The van der Waals surface area contributed by atoms with Crippen molar-refractivity contribution in [3.63, 3.8) is 0 Å². The van der Waals surface area contributed by atoms with Crippen molar-refractivity contribution in [2.45, 2.75) is 31.7 Å². The molecule has 0 spiro atoms. The number of hydrogen-bond donors (Lipinski definition) is 0. The molecule has 0 aromatic carbocycles. The second-order valence-corrected chi connectivity index (χ2v) is 6.85. The van der Waals surface area contributed by atoms with Crippen LogP contribution in [0, 0.1) is 20.8 Å². The summed E-state index contributed by atoms with van der Waals surface area (Å²) >= 11 is 1.44. The number of hydrogen-bond acceptors (Lipinski definition) is 6. The molecule has 0 aliphatic carbocycles. The predicted molar refractivity (Wildman–Crippen MR) is 96.0 cm³/mol. The second kappa shape index (κ2) is 5.96. The molecule has 4 heterocycles. The Morgan fingerprint density at radius 3 is 2.80 bits per heavy atom. The Bertz CT molecular complexity index is 1160. The number of aryl methyl sites for hydroxylation is 3. The summed E-state index contributed by atoms with van der Waals surface area (Å²) in [5, 5.41) is 5.08. The number of nitrogens with zero attached hydrogens (tertiary/aromatic N) is 6. The first-order valence-corrected chi connectivity index (χ1v) is 8.81. The van der Waals surface area contributed by atoms with Crippen molar-refractivity contribution in [1.29, 1.82) is 0 Å². The molecule has 0 radical (unpaired) electrons. The predicted octanol–water partition coefficient (Wildman–Crippen LogP) is 2.35. The normalized spacial score (nSPS) is 11.5. The largest absolute Gasteiger partial charge is 0.269 e. The molecule has 0 N–H and O–H groups in total. The van der Waals surface area contributed by atoms with Gasteiger partial charge < -0.3 is 0 Å². The van der Waals surface area contributed by atoms with E-state index in [-0.39, 0.29) is 5.56 Å². The van der Waals surface area contributed by atoms with Crippen molar-refractivity contribution < 1.29 is 0 Å². The van der Waals surface area contributed by atoms with E-state index in [4.69, 9.17) is 0 Å². The van der Waals surface area contributed by atoms with Crippen LogP contribution in [0.4, 0.5) is 0 Å². The maximum atomic E-state index is 12.3. The molecule has 0 aliphatic heterocycles. The van der Waals surface area contributed by atoms with Crippen LogP contribution in [-0.2, 0) is 5.75 Å². The molecule has 0 fully saturated rings. The molecule has 0 saturated heterocycles. The quantitative estimate of drug-likeness (QED) is 0.527. The molecule has 126 valence electrons. The Morgan fingerprint density at radius 1 is 1.12 bits per heavy atom. The Morgan fingerprint density at radius 2 is 1.96 bits per heavy atom. The van der Waals surface area contributed by atoms with Gasteiger partial charge >= 0.3 is 0 Å². The van der Waals surface area contributed by atoms with Crippen molar-refractivity contribution >= 4 is 23.2 Å². The van der Waals surface area contributed by atoms with E-state index in [1.54, 1.807) is 21.2 Å². The smallest absolute Gasteiger partial charge is 0.258 e. The van der Waals surface area contributed by atoms with Crippen molar-refractivity contribution in [3.05, 3.63) is 63.5 Å². The molecule has 7 nitrogen and oxygen atoms in total. The second-order valence-electron chi connectivity index (χ2n) is 5.90. The maximum Gasteiger partial charge on any atom is 0.258 e. The van der Waals surface area contributed by atoms with Crippen LogP contribution in [0.5, 0.6) is 0 Å². The topological polar surface area (TPSA) is 77.5 Å². The number of fused-ring (bicyclic) bond motifs is 2. The standard InChI is InChI=1S/C17H16N6OS/c1-10-5-4-6-22-14(24)8-13(19-15(10)22)9-25-17-20-16-18-11(2)7-12(3)23(16)21-17/h4-8H,9H2,1-3H3. The fourth-order valence-corrected chi connectivity index (χ4v) is 3.44. The highest BCUT2D eigenvalue weighted by Gasteiger charge is 2.10. The minimum absolute atomic E-state index is 0.0830. The highest BCUT2D eigenvalue weighted by Crippen LogP contribution is 2.19. The van der Waals surface area contributed by atoms with E-state index in [1.165, 1.54) is 11.8 Å². The molecule has 0 unspecified atom stereocenters. The molecule has 0 amide bonds. The zero-order valence-electron chi connectivity index (χ0n) is 14.1. The van der Waals surface area contributed by atoms with Crippen LogP contribution in [0.25, 0.3) is 11.4 Å². The van der Waals surface area contributed by atoms with Crippen LogP contribution in [0.2, 0.25) is 0 Å². The van der Waals surface area contributed by atoms with Crippen LogP contribution < -0.4 is 5.56 Å². The molecular formula is C17H16N6OS. The minimum atomic E-state index is -0.0830. The summed E-state index contributed by atoms with van der Waals surface area (Å²) in [6.45, 7) is 5.85. The van der Waals surface area contributed by atoms with Crippen molar-refractivity contribution in [3.8, 4) is 0 Å². The van der Waals surface area contributed by atoms with Gasteiger partial charge in [-0.2, -0.15) is 4.98 Å². The highest BCUT2D eigenvalue weighted by molar-refractivity contribution is 7.98. The van der Waals surface area contributed by atoms with Gasteiger partial charge in [0.1, 0.15) is 5.65 Å². The van der Waals surface area contributed by atoms with Gasteiger partial charge in [-0.3, -0.25) is 9.20 Å². The van der Waals surface area contributed by atoms with Crippen molar-refractivity contribution in [2.75, 3.05) is 0 Å². The number of rotatable bonds is 3. The van der Waals surface area contributed by atoms with E-state index in [2.05, 4.69) is 20.1 Å². The van der Waals surface area contributed by atoms with E-state index >= 15 is 0 Å². The number of aromatic nitrogens is 6. The summed E-state index contributed by atoms with van der Waals surface area (Å²) < 4.78 is 3.28. The number of pyridine rings is 1. The maximum absolute atomic E-state index is 12.3. The third-order valence-corrected chi connectivity index (χ3v) is 4.76. The third kappa shape index (κ3) is 2.89. The summed E-state index contributed by atoms with van der Waals surface area (Å²) in [5.41, 5.74) is 4.17. The first kappa shape index (κ1) is 15.8. The fraction of sp³-hybridized carbons (Fsp3) is 0.235. The van der Waals surface area contributed by atoms with Crippen LogP contribution in [0.3, 0.4) is 0 Å². The zero-order valence-corrected chi connectivity index (χ0v) is 14.9. The van der Waals surface area contributed by atoms with Gasteiger partial charge in [-0.1, -0.05) is 17.8 Å². The molecule has 0 saturated carbocycles. The zero-order chi connectivity index (χ0) is 17.6. The molecular weight excluding hydrogens is 336 g/mol. The van der Waals surface area contributed by atoms with Gasteiger partial charge in [0.05, 0.1) is 5.69 Å². The van der Waals surface area contributed by atoms with Gasteiger partial charge in [0, 0.05) is 29.4 Å². The molecule has 0 bridgehead atoms. The molecule has 0 atom stereocenters. The fourth-order valence-electron chi connectivity index (χ4n) is 2.73. The SMILES string of the molecule is Cc1cc(C)n2nc(SCc3cc(=O)n4cccc(C)c4n3)nc2n1. The van der Waals surface area contributed by atoms with Gasteiger partial charge in [-0.15, -0.1) is 5.10 Å². The first-order chi connectivity index (χ1) is 12.0. The summed E-state index contributed by atoms with van der Waals surface area (Å²) in [6.07, 6.45) is 1.73. The van der Waals surface area contributed by atoms with E-state index in [0.717, 1.165) is 17.0 Å². The molecule has 4 aromatic heterocycles. The van der Waals surface area contributed by atoms with Gasteiger partial charge in [0.25, 0.3) is 11.3 Å². The summed E-state index contributed by atoms with van der Waals surface area (Å²) in [5.74, 6) is 1.11. The van der Waals surface area contributed by atoms with Crippen LogP contribution >= 0.6 is 11.8 Å². The lowest BCUT2D eigenvalue weighted by Gasteiger charge is -2.05. The average Bonchev–Trinajstić information content (AvgIpc) is 2.97. The average molecular weight is 352 g/mol. The van der Waals surface area contributed by atoms with Crippen molar-refractivity contribution in [1.82, 2.24) is 29.0 Å². The van der Waals surface area contributed by atoms with E-state index in [1.807, 2.05) is 39.0 Å². The Labute approximate surface area is 147 Å². The molecule has 0 aliphatic rings. The number of thioether (sulfide) groups is 1. The highest BCUT2D eigenvalue weighted by atomic mass is 32.2. The Hall–Kier alpha value is -2.74. The Kier molecular flexibility index (Phi) is 3.76. The summed E-state index contributed by atoms with van der Waals surface area (Å²) in [7, 11) is 0. The van der Waals surface area contributed by atoms with Crippen molar-refractivity contribution in [2.24, 2.45) is 0 Å². The van der Waals surface area contributed by atoms with E-state index in [9.17, 15) is 4.79 Å². The molecule has 8 heteroatoms. The lowest BCUT2D eigenvalue weighted by Crippen LogP contribution is -2.15. The van der Waals surface area contributed by atoms with Gasteiger partial charge in [0.15, 0.2) is 0 Å². The van der Waals surface area contributed by atoms with Gasteiger partial charge in [-0.25, -0.2) is 14.5 Å². The first-order valence-electron chi connectivity index (χ1n) is 7.83. The van der Waals surface area contributed by atoms with Crippen LogP contribution in [-0.4, -0.2) is 29.0 Å². The van der Waals surface area contributed by atoms with Crippen LogP contribution in [0.1, 0.15) is 22.6 Å². The van der Waals surface area contributed by atoms with E-state index in [0.29, 0.717) is 28.0 Å². The van der Waals surface area contributed by atoms with Gasteiger partial charge in [-0.05, 0) is 38.5 Å². The summed E-state index contributed by atoms with van der Waals surface area (Å²) in [4.78, 5) is 25.7. The third-order valence-electron chi connectivity index (χ3n) is 3.89. The minimum Gasteiger partial charge on any atom is -0.269 e. The molecule has 4 aromatic rings. The van der Waals surface area contributed by atoms with E-state index < -0.39 is 0 Å². The molecule has 25 heavy (non-hydrogen) atoms. The summed E-state index contributed by atoms with van der Waals surface area (Å²) in [6, 6.07) is 7.31. The Balaban J connectivity index is 1.65. The lowest BCUT2D eigenvalue weighted by molar-refractivity contribution is 0.843. The van der Waals surface area contributed by atoms with Crippen LogP contribution in [0.15, 0.2) is 40.4 Å². The lowest BCUT2D eigenvalue weighted by atomic mass is 10.3. The van der Waals surface area contributed by atoms with Gasteiger partial charge in [0.2, 0.25) is 5.16 Å². The monoisotopic (exact) mass is 352 g/mol. The molecule has 4 rings (SSSR count).